The van der Waals surface area contributed by atoms with Gasteiger partial charge in [0.2, 0.25) is 34.7 Å². The second kappa shape index (κ2) is 6.25. The van der Waals surface area contributed by atoms with E-state index >= 15 is 0 Å². The molecule has 0 bridgehead atoms. The Kier molecular flexibility index (Phi) is 4.90. The number of rotatable bonds is 3. The number of ether oxygens (including phenoxy) is 3. The molecule has 9 heteroatoms. The summed E-state index contributed by atoms with van der Waals surface area (Å²) < 4.78 is 54.3. The Hall–Kier alpha value is -2.58. The smallest absolute Gasteiger partial charge is 0.308 e. The Morgan fingerprint density at radius 3 is 0.952 bits per heavy atom. The molecule has 0 aliphatic carbocycles. The summed E-state index contributed by atoms with van der Waals surface area (Å²) in [4.78, 5) is 32.4. The molecule has 1 aromatic carbocycles. The molecular formula is C12H9F3O6. The lowest BCUT2D eigenvalue weighted by atomic mass is 10.2. The fourth-order valence-corrected chi connectivity index (χ4v) is 1.30. The Morgan fingerprint density at radius 2 is 0.810 bits per heavy atom. The Balaban J connectivity index is 3.60. The SMILES string of the molecule is CC(=O)Oc1c(F)c(OC(C)=O)c(F)c(OC(C)=O)c1F. The molecule has 6 nitrogen and oxygen atoms in total. The van der Waals surface area contributed by atoms with E-state index in [0.29, 0.717) is 0 Å². The highest BCUT2D eigenvalue weighted by Crippen LogP contribution is 2.40. The van der Waals surface area contributed by atoms with Crippen LogP contribution in [0.4, 0.5) is 13.2 Å². The van der Waals surface area contributed by atoms with Crippen LogP contribution in [0, 0.1) is 17.5 Å². The van der Waals surface area contributed by atoms with Crippen LogP contribution in [0.15, 0.2) is 0 Å². The van der Waals surface area contributed by atoms with E-state index in [-0.39, 0.29) is 0 Å². The molecule has 0 atom stereocenters. The van der Waals surface area contributed by atoms with Gasteiger partial charge in [-0.25, -0.2) is 0 Å². The van der Waals surface area contributed by atoms with Crippen LogP contribution in [0.3, 0.4) is 0 Å². The zero-order chi connectivity index (χ0) is 16.3. The molecule has 0 N–H and O–H groups in total. The normalized spacial score (nSPS) is 10.0. The molecule has 0 aromatic heterocycles. The van der Waals surface area contributed by atoms with Gasteiger partial charge in [0.1, 0.15) is 0 Å². The largest absolute Gasteiger partial charge is 0.420 e. The summed E-state index contributed by atoms with van der Waals surface area (Å²) in [6.07, 6.45) is 0. The van der Waals surface area contributed by atoms with Crippen molar-refractivity contribution in [3.05, 3.63) is 17.5 Å². The quantitative estimate of drug-likeness (QED) is 0.626. The summed E-state index contributed by atoms with van der Waals surface area (Å²) in [5.41, 5.74) is 0. The summed E-state index contributed by atoms with van der Waals surface area (Å²) in [5, 5.41) is 0. The summed E-state index contributed by atoms with van der Waals surface area (Å²) in [5.74, 6) is -12.7. The fourth-order valence-electron chi connectivity index (χ4n) is 1.30. The predicted molar refractivity (Wildman–Crippen MR) is 60.2 cm³/mol. The van der Waals surface area contributed by atoms with Crippen molar-refractivity contribution in [2.45, 2.75) is 20.8 Å². The van der Waals surface area contributed by atoms with Crippen LogP contribution in [-0.4, -0.2) is 17.9 Å². The van der Waals surface area contributed by atoms with Gasteiger partial charge in [-0.05, 0) is 0 Å². The van der Waals surface area contributed by atoms with Gasteiger partial charge in [-0.15, -0.1) is 0 Å². The molecule has 0 unspecified atom stereocenters. The standard InChI is InChI=1S/C12H9F3O6/c1-4(16)19-10-7(13)11(20-5(2)17)9(15)12(8(10)14)21-6(3)18/h1-3H3. The number of esters is 3. The fraction of sp³-hybridized carbons (Fsp3) is 0.250. The first kappa shape index (κ1) is 16.5. The maximum Gasteiger partial charge on any atom is 0.308 e. The Bertz CT molecular complexity index is 519. The van der Waals surface area contributed by atoms with E-state index in [1.807, 2.05) is 0 Å². The average Bonchev–Trinajstić information content (AvgIpc) is 2.35. The van der Waals surface area contributed by atoms with Crippen LogP contribution in [0.1, 0.15) is 20.8 Å². The van der Waals surface area contributed by atoms with E-state index in [9.17, 15) is 27.6 Å². The van der Waals surface area contributed by atoms with Gasteiger partial charge in [0.15, 0.2) is 0 Å². The summed E-state index contributed by atoms with van der Waals surface area (Å²) in [6.45, 7) is 2.50. The van der Waals surface area contributed by atoms with Gasteiger partial charge in [0, 0.05) is 20.8 Å². The number of hydrogen-bond acceptors (Lipinski definition) is 6. The molecular weight excluding hydrogens is 297 g/mol. The van der Waals surface area contributed by atoms with Crippen LogP contribution in [0.25, 0.3) is 0 Å². The molecule has 114 valence electrons. The lowest BCUT2D eigenvalue weighted by Gasteiger charge is -2.13. The van der Waals surface area contributed by atoms with E-state index in [1.54, 1.807) is 0 Å². The molecule has 21 heavy (non-hydrogen) atoms. The van der Waals surface area contributed by atoms with Crippen molar-refractivity contribution in [1.82, 2.24) is 0 Å². The number of hydrogen-bond donors (Lipinski definition) is 0. The van der Waals surface area contributed by atoms with Crippen LogP contribution in [0.5, 0.6) is 17.2 Å². The van der Waals surface area contributed by atoms with E-state index in [0.717, 1.165) is 20.8 Å². The second-order valence-corrected chi connectivity index (χ2v) is 3.71. The molecule has 0 saturated carbocycles. The van der Waals surface area contributed by atoms with Gasteiger partial charge in [0.25, 0.3) is 0 Å². The van der Waals surface area contributed by atoms with Crippen molar-refractivity contribution < 1.29 is 41.8 Å². The highest BCUT2D eigenvalue weighted by atomic mass is 19.1. The highest BCUT2D eigenvalue weighted by Gasteiger charge is 2.31. The van der Waals surface area contributed by atoms with Crippen LogP contribution < -0.4 is 14.2 Å². The first-order valence-corrected chi connectivity index (χ1v) is 5.40. The zero-order valence-corrected chi connectivity index (χ0v) is 11.1. The van der Waals surface area contributed by atoms with Crippen molar-refractivity contribution in [3.63, 3.8) is 0 Å². The van der Waals surface area contributed by atoms with E-state index < -0.39 is 52.6 Å². The lowest BCUT2D eigenvalue weighted by Crippen LogP contribution is -2.14. The van der Waals surface area contributed by atoms with E-state index in [1.165, 1.54) is 0 Å². The maximum absolute atomic E-state index is 13.9. The van der Waals surface area contributed by atoms with Crippen molar-refractivity contribution in [3.8, 4) is 17.2 Å². The van der Waals surface area contributed by atoms with Crippen molar-refractivity contribution >= 4 is 17.9 Å². The molecule has 0 saturated heterocycles. The van der Waals surface area contributed by atoms with Gasteiger partial charge in [-0.3, -0.25) is 14.4 Å². The van der Waals surface area contributed by atoms with Crippen LogP contribution in [0.2, 0.25) is 0 Å². The second-order valence-electron chi connectivity index (χ2n) is 3.71. The maximum atomic E-state index is 13.9. The number of carbonyl (C=O) groups is 3. The molecule has 0 aliphatic heterocycles. The van der Waals surface area contributed by atoms with Crippen molar-refractivity contribution in [2.75, 3.05) is 0 Å². The van der Waals surface area contributed by atoms with E-state index in [4.69, 9.17) is 0 Å². The third-order valence-corrected chi connectivity index (χ3v) is 1.93. The monoisotopic (exact) mass is 306 g/mol. The minimum Gasteiger partial charge on any atom is -0.420 e. The van der Waals surface area contributed by atoms with Crippen LogP contribution in [-0.2, 0) is 14.4 Å². The molecule has 0 heterocycles. The molecule has 0 spiro atoms. The molecule has 0 radical (unpaired) electrons. The van der Waals surface area contributed by atoms with Gasteiger partial charge >= 0.3 is 17.9 Å². The summed E-state index contributed by atoms with van der Waals surface area (Å²) in [7, 11) is 0. The molecule has 1 aromatic rings. The number of halogens is 3. The average molecular weight is 306 g/mol. The minimum atomic E-state index is -1.76. The summed E-state index contributed by atoms with van der Waals surface area (Å²) >= 11 is 0. The zero-order valence-electron chi connectivity index (χ0n) is 11.1. The first-order valence-electron chi connectivity index (χ1n) is 5.40. The third-order valence-electron chi connectivity index (χ3n) is 1.93. The van der Waals surface area contributed by atoms with Gasteiger partial charge in [-0.1, -0.05) is 0 Å². The summed E-state index contributed by atoms with van der Waals surface area (Å²) in [6, 6.07) is 0. The van der Waals surface area contributed by atoms with Gasteiger partial charge in [-0.2, -0.15) is 13.2 Å². The predicted octanol–water partition coefficient (Wildman–Crippen LogP) is 1.88. The van der Waals surface area contributed by atoms with Gasteiger partial charge < -0.3 is 14.2 Å². The minimum absolute atomic E-state index is 0.833. The highest BCUT2D eigenvalue weighted by molar-refractivity contribution is 5.74. The topological polar surface area (TPSA) is 78.9 Å². The lowest BCUT2D eigenvalue weighted by molar-refractivity contribution is -0.132. The molecule has 1 rings (SSSR count). The van der Waals surface area contributed by atoms with Gasteiger partial charge in [0.05, 0.1) is 0 Å². The Labute approximate surface area is 116 Å². The first-order chi connectivity index (χ1) is 9.65. The molecule has 0 aliphatic rings. The third kappa shape index (κ3) is 3.71. The molecule has 0 amide bonds. The number of carbonyl (C=O) groups excluding carboxylic acids is 3. The molecule has 0 fully saturated rings. The van der Waals surface area contributed by atoms with E-state index in [2.05, 4.69) is 14.2 Å². The van der Waals surface area contributed by atoms with Crippen molar-refractivity contribution in [2.24, 2.45) is 0 Å². The van der Waals surface area contributed by atoms with Crippen LogP contribution >= 0.6 is 0 Å². The van der Waals surface area contributed by atoms with Crippen molar-refractivity contribution in [1.29, 1.82) is 0 Å². The number of benzene rings is 1. The Morgan fingerprint density at radius 1 is 0.619 bits per heavy atom.